The molecule has 0 saturated carbocycles. The summed E-state index contributed by atoms with van der Waals surface area (Å²) in [5.41, 5.74) is 7.48. The molecule has 0 saturated heterocycles. The molecule has 39 heavy (non-hydrogen) atoms. The average molecular weight is 517 g/mol. The van der Waals surface area contributed by atoms with Gasteiger partial charge in [-0.15, -0.1) is 11.3 Å². The van der Waals surface area contributed by atoms with Crippen molar-refractivity contribution in [3.8, 4) is 16.3 Å². The van der Waals surface area contributed by atoms with E-state index in [2.05, 4.69) is 114 Å². The number of hydrogen-bond donors (Lipinski definition) is 0. The molecule has 4 heteroatoms. The van der Waals surface area contributed by atoms with E-state index in [-0.39, 0.29) is 0 Å². The highest BCUT2D eigenvalue weighted by Gasteiger charge is 2.20. The molecule has 0 amide bonds. The van der Waals surface area contributed by atoms with E-state index in [1.165, 1.54) is 37.3 Å². The summed E-state index contributed by atoms with van der Waals surface area (Å²) < 4.78 is 9.70. The van der Waals surface area contributed by atoms with E-state index >= 15 is 0 Å². The summed E-state index contributed by atoms with van der Waals surface area (Å²) in [6.45, 7) is 0. The van der Waals surface area contributed by atoms with Crippen LogP contribution in [0.15, 0.2) is 126 Å². The molecule has 0 atom stereocenters. The second-order valence-electron chi connectivity index (χ2n) is 9.99. The normalized spacial score (nSPS) is 12.1. The third-order valence-corrected chi connectivity index (χ3v) is 8.87. The average Bonchev–Trinajstić information content (AvgIpc) is 3.68. The standard InChI is InChI=1S/C35H20N2OS/c1-2-9-22-20-23(17-16-21(22)8-1)37-27-13-5-3-10-24(27)32-26(12-7-14-28(32)37)35-36-34-31(39-35)19-18-30-33(34)25-11-4-6-15-29(25)38-30/h1-20H. The quantitative estimate of drug-likeness (QED) is 0.229. The Morgan fingerprint density at radius 3 is 2.33 bits per heavy atom. The van der Waals surface area contributed by atoms with Crippen molar-refractivity contribution in [3.05, 3.63) is 121 Å². The van der Waals surface area contributed by atoms with E-state index in [9.17, 15) is 0 Å². The van der Waals surface area contributed by atoms with Gasteiger partial charge in [-0.25, -0.2) is 4.98 Å². The highest BCUT2D eigenvalue weighted by molar-refractivity contribution is 7.22. The molecule has 0 fully saturated rings. The lowest BCUT2D eigenvalue weighted by Gasteiger charge is -2.09. The maximum Gasteiger partial charge on any atom is 0.137 e. The third kappa shape index (κ3) is 2.95. The number of hydrogen-bond acceptors (Lipinski definition) is 3. The number of nitrogens with zero attached hydrogens (tertiary/aromatic N) is 2. The van der Waals surface area contributed by atoms with E-state index < -0.39 is 0 Å². The van der Waals surface area contributed by atoms with Gasteiger partial charge in [-0.05, 0) is 53.2 Å². The van der Waals surface area contributed by atoms with Crippen LogP contribution in [0.2, 0.25) is 0 Å². The Morgan fingerprint density at radius 1 is 0.590 bits per heavy atom. The first kappa shape index (κ1) is 21.1. The molecular formula is C35H20N2OS. The zero-order valence-electron chi connectivity index (χ0n) is 20.8. The van der Waals surface area contributed by atoms with Gasteiger partial charge >= 0.3 is 0 Å². The van der Waals surface area contributed by atoms with Crippen LogP contribution in [0.4, 0.5) is 0 Å². The zero-order valence-corrected chi connectivity index (χ0v) is 21.6. The second-order valence-corrected chi connectivity index (χ2v) is 11.0. The molecule has 0 aliphatic rings. The molecule has 9 rings (SSSR count). The smallest absolute Gasteiger partial charge is 0.137 e. The van der Waals surface area contributed by atoms with Gasteiger partial charge in [0.1, 0.15) is 16.2 Å². The van der Waals surface area contributed by atoms with Crippen molar-refractivity contribution in [1.29, 1.82) is 0 Å². The second kappa shape index (κ2) is 7.79. The van der Waals surface area contributed by atoms with Crippen LogP contribution in [0, 0.1) is 0 Å². The summed E-state index contributed by atoms with van der Waals surface area (Å²) in [5.74, 6) is 0. The van der Waals surface area contributed by atoms with Gasteiger partial charge in [0, 0.05) is 27.4 Å². The topological polar surface area (TPSA) is 31.0 Å². The molecule has 3 aromatic heterocycles. The van der Waals surface area contributed by atoms with Crippen LogP contribution in [-0.4, -0.2) is 9.55 Å². The van der Waals surface area contributed by atoms with Crippen LogP contribution >= 0.6 is 11.3 Å². The van der Waals surface area contributed by atoms with Crippen molar-refractivity contribution >= 4 is 76.1 Å². The van der Waals surface area contributed by atoms with Gasteiger partial charge in [0.25, 0.3) is 0 Å². The summed E-state index contributed by atoms with van der Waals surface area (Å²) in [6, 6.07) is 43.0. The highest BCUT2D eigenvalue weighted by Crippen LogP contribution is 2.43. The molecule has 6 aromatic carbocycles. The number of rotatable bonds is 2. The summed E-state index contributed by atoms with van der Waals surface area (Å²) in [7, 11) is 0. The molecule has 0 spiro atoms. The highest BCUT2D eigenvalue weighted by atomic mass is 32.1. The lowest BCUT2D eigenvalue weighted by atomic mass is 10.1. The number of furan rings is 1. The number of aromatic nitrogens is 2. The van der Waals surface area contributed by atoms with E-state index in [1.807, 2.05) is 12.1 Å². The van der Waals surface area contributed by atoms with Crippen LogP contribution in [0.1, 0.15) is 0 Å². The number of fused-ring (bicyclic) bond motifs is 9. The number of para-hydroxylation sites is 2. The van der Waals surface area contributed by atoms with Crippen molar-refractivity contribution in [1.82, 2.24) is 9.55 Å². The maximum atomic E-state index is 6.15. The molecule has 0 radical (unpaired) electrons. The summed E-state index contributed by atoms with van der Waals surface area (Å²) in [5, 5.41) is 8.17. The largest absolute Gasteiger partial charge is 0.456 e. The summed E-state index contributed by atoms with van der Waals surface area (Å²) >= 11 is 1.75. The molecular weight excluding hydrogens is 496 g/mol. The molecule has 9 aromatic rings. The lowest BCUT2D eigenvalue weighted by Crippen LogP contribution is -1.93. The Morgan fingerprint density at radius 2 is 1.38 bits per heavy atom. The SMILES string of the molecule is c1ccc2cc(-n3c4ccccc4c4c(-c5nc6c(ccc7oc8ccccc8c76)s5)cccc43)ccc2c1. The Balaban J connectivity index is 1.35. The first-order valence-corrected chi connectivity index (χ1v) is 13.9. The monoisotopic (exact) mass is 516 g/mol. The molecule has 0 aliphatic heterocycles. The molecule has 0 N–H and O–H groups in total. The molecule has 0 unspecified atom stereocenters. The van der Waals surface area contributed by atoms with Gasteiger partial charge in [0.05, 0.1) is 26.6 Å². The zero-order chi connectivity index (χ0) is 25.5. The maximum absolute atomic E-state index is 6.15. The Labute approximate surface area is 227 Å². The molecule has 3 nitrogen and oxygen atoms in total. The van der Waals surface area contributed by atoms with Gasteiger partial charge in [-0.1, -0.05) is 78.9 Å². The van der Waals surface area contributed by atoms with E-state index in [1.54, 1.807) is 11.3 Å². The predicted molar refractivity (Wildman–Crippen MR) is 164 cm³/mol. The van der Waals surface area contributed by atoms with E-state index in [4.69, 9.17) is 9.40 Å². The summed E-state index contributed by atoms with van der Waals surface area (Å²) in [4.78, 5) is 5.26. The third-order valence-electron chi connectivity index (χ3n) is 7.82. The van der Waals surface area contributed by atoms with Crippen LogP contribution in [0.5, 0.6) is 0 Å². The van der Waals surface area contributed by atoms with E-state index in [0.717, 1.165) is 43.7 Å². The number of thiazole rings is 1. The number of benzene rings is 6. The minimum atomic E-state index is 0.881. The van der Waals surface area contributed by atoms with Crippen molar-refractivity contribution in [3.63, 3.8) is 0 Å². The van der Waals surface area contributed by atoms with Crippen LogP contribution in [0.25, 0.3) is 81.0 Å². The first-order chi connectivity index (χ1) is 19.3. The first-order valence-electron chi connectivity index (χ1n) is 13.1. The van der Waals surface area contributed by atoms with Crippen LogP contribution in [0.3, 0.4) is 0 Å². The Kier molecular flexibility index (Phi) is 4.21. The molecule has 3 heterocycles. The summed E-state index contributed by atoms with van der Waals surface area (Å²) in [6.07, 6.45) is 0. The molecule has 0 aliphatic carbocycles. The van der Waals surface area contributed by atoms with E-state index in [0.29, 0.717) is 0 Å². The minimum absolute atomic E-state index is 0.881. The van der Waals surface area contributed by atoms with Gasteiger partial charge in [0.2, 0.25) is 0 Å². The fraction of sp³-hybridized carbons (Fsp3) is 0. The van der Waals surface area contributed by atoms with Crippen molar-refractivity contribution in [2.75, 3.05) is 0 Å². The minimum Gasteiger partial charge on any atom is -0.456 e. The van der Waals surface area contributed by atoms with Gasteiger partial charge in [-0.2, -0.15) is 0 Å². The lowest BCUT2D eigenvalue weighted by molar-refractivity contribution is 0.669. The van der Waals surface area contributed by atoms with Crippen LogP contribution < -0.4 is 0 Å². The van der Waals surface area contributed by atoms with Crippen LogP contribution in [-0.2, 0) is 0 Å². The molecule has 182 valence electrons. The predicted octanol–water partition coefficient (Wildman–Crippen LogP) is 10.1. The van der Waals surface area contributed by atoms with Gasteiger partial charge in [-0.3, -0.25) is 0 Å². The molecule has 0 bridgehead atoms. The van der Waals surface area contributed by atoms with Crippen molar-refractivity contribution in [2.45, 2.75) is 0 Å². The van der Waals surface area contributed by atoms with Crippen molar-refractivity contribution < 1.29 is 4.42 Å². The Hall–Kier alpha value is -4.93. The van der Waals surface area contributed by atoms with Gasteiger partial charge in [0.15, 0.2) is 0 Å². The van der Waals surface area contributed by atoms with Crippen molar-refractivity contribution in [2.24, 2.45) is 0 Å². The fourth-order valence-electron chi connectivity index (χ4n) is 6.11. The van der Waals surface area contributed by atoms with Gasteiger partial charge < -0.3 is 8.98 Å². The fourth-order valence-corrected chi connectivity index (χ4v) is 7.11. The Bertz CT molecular complexity index is 2410.